The fraction of sp³-hybridized carbons (Fsp3) is 0.200. The van der Waals surface area contributed by atoms with E-state index in [0.29, 0.717) is 22.6 Å². The Kier molecular flexibility index (Phi) is 5.09. The monoisotopic (exact) mass is 352 g/mol. The van der Waals surface area contributed by atoms with Crippen LogP contribution in [0.4, 0.5) is 0 Å². The van der Waals surface area contributed by atoms with E-state index in [0.717, 1.165) is 4.47 Å². The molecule has 0 atom stereocenters. The van der Waals surface area contributed by atoms with E-state index in [1.807, 2.05) is 18.4 Å². The predicted molar refractivity (Wildman–Crippen MR) is 82.9 cm³/mol. The first kappa shape index (κ1) is 14.9. The van der Waals surface area contributed by atoms with Crippen LogP contribution in [0.25, 0.3) is 0 Å². The lowest BCUT2D eigenvalue weighted by Gasteiger charge is -2.05. The molecule has 0 N–H and O–H groups in total. The van der Waals surface area contributed by atoms with Crippen molar-refractivity contribution in [3.63, 3.8) is 0 Å². The summed E-state index contributed by atoms with van der Waals surface area (Å²) >= 11 is 4.70. The third-order valence-corrected chi connectivity index (χ3v) is 4.62. The molecule has 2 aromatic rings. The number of halogens is 1. The molecule has 0 saturated heterocycles. The minimum Gasteiger partial charge on any atom is -0.485 e. The summed E-state index contributed by atoms with van der Waals surface area (Å²) in [5.74, 6) is 0.606. The zero-order chi connectivity index (χ0) is 14.5. The summed E-state index contributed by atoms with van der Waals surface area (Å²) in [5, 5.41) is 1.85. The molecule has 0 unspecified atom stereocenters. The van der Waals surface area contributed by atoms with Crippen molar-refractivity contribution in [2.45, 2.75) is 13.3 Å². The van der Waals surface area contributed by atoms with Gasteiger partial charge < -0.3 is 4.74 Å². The molecule has 20 heavy (non-hydrogen) atoms. The zero-order valence-corrected chi connectivity index (χ0v) is 13.3. The lowest BCUT2D eigenvalue weighted by Crippen LogP contribution is -2.10. The van der Waals surface area contributed by atoms with Gasteiger partial charge in [-0.1, -0.05) is 6.92 Å². The number of hydrogen-bond donors (Lipinski definition) is 0. The van der Waals surface area contributed by atoms with Crippen LogP contribution in [0.2, 0.25) is 0 Å². The van der Waals surface area contributed by atoms with Gasteiger partial charge >= 0.3 is 0 Å². The second-order valence-corrected chi connectivity index (χ2v) is 5.88. The van der Waals surface area contributed by atoms with Gasteiger partial charge in [-0.05, 0) is 51.6 Å². The molecule has 0 radical (unpaired) electrons. The Morgan fingerprint density at radius 1 is 1.15 bits per heavy atom. The first-order valence-electron chi connectivity index (χ1n) is 6.14. The minimum atomic E-state index is -0.0689. The minimum absolute atomic E-state index is 0.0137. The number of hydrogen-bond acceptors (Lipinski definition) is 4. The van der Waals surface area contributed by atoms with Gasteiger partial charge in [-0.15, -0.1) is 11.3 Å². The van der Waals surface area contributed by atoms with Crippen molar-refractivity contribution in [3.05, 3.63) is 50.6 Å². The number of benzene rings is 1. The summed E-state index contributed by atoms with van der Waals surface area (Å²) in [6, 6.07) is 8.68. The fourth-order valence-electron chi connectivity index (χ4n) is 1.65. The van der Waals surface area contributed by atoms with Crippen molar-refractivity contribution in [1.29, 1.82) is 0 Å². The predicted octanol–water partition coefficient (Wildman–Crippen LogP) is 4.37. The Labute approximate surface area is 129 Å². The molecule has 1 aromatic carbocycles. The molecular weight excluding hydrogens is 340 g/mol. The van der Waals surface area contributed by atoms with E-state index < -0.39 is 0 Å². The van der Waals surface area contributed by atoms with E-state index in [2.05, 4.69) is 15.9 Å². The van der Waals surface area contributed by atoms with Crippen LogP contribution in [-0.4, -0.2) is 18.2 Å². The van der Waals surface area contributed by atoms with Crippen LogP contribution in [0.1, 0.15) is 33.4 Å². The highest BCUT2D eigenvalue weighted by Crippen LogP contribution is 2.23. The summed E-state index contributed by atoms with van der Waals surface area (Å²) in [5.41, 5.74) is 0.659. The summed E-state index contributed by atoms with van der Waals surface area (Å²) in [7, 11) is 0. The lowest BCUT2D eigenvalue weighted by atomic mass is 10.1. The third-order valence-electron chi connectivity index (χ3n) is 2.74. The number of ether oxygens (including phenoxy) is 1. The molecule has 1 aromatic heterocycles. The van der Waals surface area contributed by atoms with E-state index in [-0.39, 0.29) is 18.2 Å². The van der Waals surface area contributed by atoms with Crippen LogP contribution < -0.4 is 4.74 Å². The summed E-state index contributed by atoms with van der Waals surface area (Å²) in [4.78, 5) is 24.1. The van der Waals surface area contributed by atoms with Gasteiger partial charge in [0, 0.05) is 16.5 Å². The van der Waals surface area contributed by atoms with Crippen LogP contribution in [-0.2, 0) is 0 Å². The Hall–Kier alpha value is -1.46. The molecular formula is C15H13BrO3S. The highest BCUT2D eigenvalue weighted by molar-refractivity contribution is 9.10. The molecule has 0 amide bonds. The maximum absolute atomic E-state index is 11.9. The Bertz CT molecular complexity index is 616. The van der Waals surface area contributed by atoms with Crippen molar-refractivity contribution in [1.82, 2.24) is 0 Å². The maximum atomic E-state index is 11.9. The number of ketones is 2. The molecule has 0 saturated carbocycles. The summed E-state index contributed by atoms with van der Waals surface area (Å²) in [6.07, 6.45) is 0.477. The molecule has 0 aliphatic heterocycles. The Balaban J connectivity index is 1.96. The quantitative estimate of drug-likeness (QED) is 0.725. The van der Waals surface area contributed by atoms with Crippen molar-refractivity contribution >= 4 is 38.8 Å². The van der Waals surface area contributed by atoms with Gasteiger partial charge in [-0.2, -0.15) is 0 Å². The normalized spacial score (nSPS) is 10.3. The van der Waals surface area contributed by atoms with Gasteiger partial charge in [0.05, 0.1) is 4.88 Å². The van der Waals surface area contributed by atoms with Crippen molar-refractivity contribution in [3.8, 4) is 5.75 Å². The van der Waals surface area contributed by atoms with Gasteiger partial charge in [-0.3, -0.25) is 9.59 Å². The molecule has 0 spiro atoms. The molecule has 0 fully saturated rings. The molecule has 104 valence electrons. The smallest absolute Gasteiger partial charge is 0.211 e. The zero-order valence-electron chi connectivity index (χ0n) is 10.9. The fourth-order valence-corrected chi connectivity index (χ4v) is 3.17. The van der Waals surface area contributed by atoms with E-state index in [9.17, 15) is 9.59 Å². The van der Waals surface area contributed by atoms with Crippen molar-refractivity contribution in [2.24, 2.45) is 0 Å². The molecule has 3 nitrogen and oxygen atoms in total. The number of rotatable bonds is 6. The Morgan fingerprint density at radius 3 is 2.40 bits per heavy atom. The molecule has 1 heterocycles. The highest BCUT2D eigenvalue weighted by atomic mass is 79.9. The van der Waals surface area contributed by atoms with Gasteiger partial charge in [-0.25, -0.2) is 0 Å². The van der Waals surface area contributed by atoms with E-state index in [1.165, 1.54) is 11.3 Å². The van der Waals surface area contributed by atoms with E-state index in [1.54, 1.807) is 24.3 Å². The average molecular weight is 353 g/mol. The number of carbonyl (C=O) groups excluding carboxylic acids is 2. The van der Waals surface area contributed by atoms with Crippen LogP contribution in [0.3, 0.4) is 0 Å². The van der Waals surface area contributed by atoms with Gasteiger partial charge in [0.15, 0.2) is 12.4 Å². The van der Waals surface area contributed by atoms with Crippen molar-refractivity contribution < 1.29 is 14.3 Å². The van der Waals surface area contributed by atoms with Crippen LogP contribution >= 0.6 is 27.3 Å². The standard InChI is InChI=1S/C15H13BrO3S/c1-2-13(17)10-3-5-11(6-4-10)19-9-14(18)15-12(16)7-8-20-15/h3-8H,2,9H2,1H3. The lowest BCUT2D eigenvalue weighted by molar-refractivity contribution is 0.0923. The molecule has 0 aliphatic rings. The molecule has 2 rings (SSSR count). The van der Waals surface area contributed by atoms with E-state index in [4.69, 9.17) is 4.74 Å². The second-order valence-electron chi connectivity index (χ2n) is 4.11. The summed E-state index contributed by atoms with van der Waals surface area (Å²) in [6.45, 7) is 1.81. The van der Waals surface area contributed by atoms with Crippen LogP contribution in [0.5, 0.6) is 5.75 Å². The summed E-state index contributed by atoms with van der Waals surface area (Å²) < 4.78 is 6.23. The molecule has 5 heteroatoms. The van der Waals surface area contributed by atoms with E-state index >= 15 is 0 Å². The molecule has 0 bridgehead atoms. The topological polar surface area (TPSA) is 43.4 Å². The first-order valence-corrected chi connectivity index (χ1v) is 7.81. The Morgan fingerprint density at radius 2 is 1.85 bits per heavy atom. The maximum Gasteiger partial charge on any atom is 0.211 e. The number of carbonyl (C=O) groups is 2. The highest BCUT2D eigenvalue weighted by Gasteiger charge is 2.12. The number of thiophene rings is 1. The van der Waals surface area contributed by atoms with Gasteiger partial charge in [0.25, 0.3) is 0 Å². The largest absolute Gasteiger partial charge is 0.485 e. The number of Topliss-reactive ketones (excluding diaryl/α,β-unsaturated/α-hetero) is 2. The average Bonchev–Trinajstić information content (AvgIpc) is 2.90. The SMILES string of the molecule is CCC(=O)c1ccc(OCC(=O)c2sccc2Br)cc1. The third kappa shape index (κ3) is 3.55. The second kappa shape index (κ2) is 6.81. The first-order chi connectivity index (χ1) is 9.61. The van der Waals surface area contributed by atoms with Gasteiger partial charge in [0.2, 0.25) is 5.78 Å². The van der Waals surface area contributed by atoms with Gasteiger partial charge in [0.1, 0.15) is 5.75 Å². The molecule has 0 aliphatic carbocycles. The van der Waals surface area contributed by atoms with Crippen LogP contribution in [0.15, 0.2) is 40.2 Å². The van der Waals surface area contributed by atoms with Crippen molar-refractivity contribution in [2.75, 3.05) is 6.61 Å². The van der Waals surface area contributed by atoms with Crippen LogP contribution in [0, 0.1) is 0 Å².